The predicted molar refractivity (Wildman–Crippen MR) is 79.4 cm³/mol. The van der Waals surface area contributed by atoms with Crippen molar-refractivity contribution in [1.82, 2.24) is 4.90 Å². The standard InChI is InChI=1S/C15H19NO3S/c1-12-6-7-16(8-9-20(12,17)18)10-13-11-19-15-5-3-2-4-14(13)15/h2-5,11-12H,6-10H2,1H3/t12-/m0/s1. The Bertz CT molecular complexity index is 705. The van der Waals surface area contributed by atoms with E-state index in [1.807, 2.05) is 31.2 Å². The highest BCUT2D eigenvalue weighted by Crippen LogP contribution is 2.23. The molecule has 0 aliphatic carbocycles. The van der Waals surface area contributed by atoms with Gasteiger partial charge in [0.1, 0.15) is 5.58 Å². The Morgan fingerprint density at radius 3 is 2.95 bits per heavy atom. The Morgan fingerprint density at radius 2 is 2.10 bits per heavy atom. The lowest BCUT2D eigenvalue weighted by Crippen LogP contribution is -2.26. The molecule has 1 aliphatic rings. The largest absolute Gasteiger partial charge is 0.464 e. The fraction of sp³-hybridized carbons (Fsp3) is 0.467. The van der Waals surface area contributed by atoms with E-state index in [0.717, 1.165) is 29.6 Å². The van der Waals surface area contributed by atoms with Gasteiger partial charge < -0.3 is 4.42 Å². The van der Waals surface area contributed by atoms with Crippen LogP contribution in [-0.4, -0.2) is 37.4 Å². The summed E-state index contributed by atoms with van der Waals surface area (Å²) in [5, 5.41) is 0.890. The van der Waals surface area contributed by atoms with E-state index in [-0.39, 0.29) is 11.0 Å². The Hall–Kier alpha value is -1.33. The number of nitrogens with zero attached hydrogens (tertiary/aromatic N) is 1. The number of benzene rings is 1. The monoisotopic (exact) mass is 293 g/mol. The molecule has 0 spiro atoms. The quantitative estimate of drug-likeness (QED) is 0.853. The summed E-state index contributed by atoms with van der Waals surface area (Å²) in [6.45, 7) is 3.98. The fourth-order valence-corrected chi connectivity index (χ4v) is 4.05. The smallest absolute Gasteiger partial charge is 0.154 e. The molecule has 1 aromatic carbocycles. The summed E-state index contributed by atoms with van der Waals surface area (Å²) in [7, 11) is -2.92. The minimum atomic E-state index is -2.92. The second kappa shape index (κ2) is 5.22. The molecule has 1 aromatic heterocycles. The summed E-state index contributed by atoms with van der Waals surface area (Å²) in [5.74, 6) is 0.254. The van der Waals surface area contributed by atoms with Crippen LogP contribution in [0.3, 0.4) is 0 Å². The molecular weight excluding hydrogens is 274 g/mol. The molecule has 108 valence electrons. The zero-order valence-corrected chi connectivity index (χ0v) is 12.4. The van der Waals surface area contributed by atoms with Crippen LogP contribution in [0.2, 0.25) is 0 Å². The maximum atomic E-state index is 11.9. The first kappa shape index (κ1) is 13.6. The first-order valence-electron chi connectivity index (χ1n) is 6.95. The molecule has 2 aromatic rings. The van der Waals surface area contributed by atoms with E-state index in [4.69, 9.17) is 4.42 Å². The number of hydrogen-bond acceptors (Lipinski definition) is 4. The number of furan rings is 1. The van der Waals surface area contributed by atoms with Crippen LogP contribution < -0.4 is 0 Å². The van der Waals surface area contributed by atoms with Gasteiger partial charge in [-0.25, -0.2) is 8.42 Å². The number of hydrogen-bond donors (Lipinski definition) is 0. The SMILES string of the molecule is C[C@H]1CCN(Cc2coc3ccccc23)CCS1(=O)=O. The second-order valence-corrected chi connectivity index (χ2v) is 8.04. The lowest BCUT2D eigenvalue weighted by atomic mass is 10.1. The van der Waals surface area contributed by atoms with Gasteiger partial charge in [-0.05, 0) is 26.0 Å². The van der Waals surface area contributed by atoms with E-state index in [1.165, 1.54) is 0 Å². The third-order valence-electron chi connectivity index (χ3n) is 4.11. The first-order valence-corrected chi connectivity index (χ1v) is 8.67. The predicted octanol–water partition coefficient (Wildman–Crippen LogP) is 2.44. The lowest BCUT2D eigenvalue weighted by molar-refractivity contribution is 0.283. The number of para-hydroxylation sites is 1. The third-order valence-corrected chi connectivity index (χ3v) is 6.33. The third kappa shape index (κ3) is 2.60. The van der Waals surface area contributed by atoms with Crippen LogP contribution in [0.25, 0.3) is 11.0 Å². The Morgan fingerprint density at radius 1 is 1.30 bits per heavy atom. The minimum absolute atomic E-state index is 0.228. The molecule has 1 fully saturated rings. The van der Waals surface area contributed by atoms with Crippen molar-refractivity contribution in [3.8, 4) is 0 Å². The molecule has 5 heteroatoms. The van der Waals surface area contributed by atoms with Gasteiger partial charge in [0.05, 0.1) is 17.3 Å². The van der Waals surface area contributed by atoms with Crippen molar-refractivity contribution in [3.05, 3.63) is 36.1 Å². The van der Waals surface area contributed by atoms with Crippen molar-refractivity contribution in [3.63, 3.8) is 0 Å². The van der Waals surface area contributed by atoms with E-state index in [1.54, 1.807) is 6.26 Å². The van der Waals surface area contributed by atoms with Crippen LogP contribution in [0.1, 0.15) is 18.9 Å². The first-order chi connectivity index (χ1) is 9.56. The number of rotatable bonds is 2. The molecule has 3 rings (SSSR count). The summed E-state index contributed by atoms with van der Waals surface area (Å²) < 4.78 is 29.4. The van der Waals surface area contributed by atoms with Crippen LogP contribution in [0.5, 0.6) is 0 Å². The van der Waals surface area contributed by atoms with Gasteiger partial charge in [0.15, 0.2) is 9.84 Å². The minimum Gasteiger partial charge on any atom is -0.464 e. The summed E-state index contributed by atoms with van der Waals surface area (Å²) >= 11 is 0. The van der Waals surface area contributed by atoms with Crippen molar-refractivity contribution in [2.45, 2.75) is 25.1 Å². The highest BCUT2D eigenvalue weighted by atomic mass is 32.2. The average molecular weight is 293 g/mol. The molecule has 1 saturated heterocycles. The summed E-state index contributed by atoms with van der Waals surface area (Å²) in [5.41, 5.74) is 2.02. The molecule has 1 aliphatic heterocycles. The van der Waals surface area contributed by atoms with Gasteiger partial charge in [0.25, 0.3) is 0 Å². The molecule has 0 radical (unpaired) electrons. The molecule has 0 N–H and O–H groups in total. The van der Waals surface area contributed by atoms with Crippen molar-refractivity contribution in [2.75, 3.05) is 18.8 Å². The van der Waals surface area contributed by atoms with E-state index in [0.29, 0.717) is 13.0 Å². The van der Waals surface area contributed by atoms with Crippen LogP contribution in [0.15, 0.2) is 34.9 Å². The fourth-order valence-electron chi connectivity index (χ4n) is 2.67. The average Bonchev–Trinajstić information content (AvgIpc) is 2.79. The van der Waals surface area contributed by atoms with Crippen LogP contribution in [-0.2, 0) is 16.4 Å². The molecule has 0 bridgehead atoms. The zero-order chi connectivity index (χ0) is 14.2. The Kier molecular flexibility index (Phi) is 3.56. The summed E-state index contributed by atoms with van der Waals surface area (Å²) in [6, 6.07) is 7.95. The summed E-state index contributed by atoms with van der Waals surface area (Å²) in [4.78, 5) is 2.21. The van der Waals surface area contributed by atoms with Crippen LogP contribution in [0.4, 0.5) is 0 Å². The van der Waals surface area contributed by atoms with E-state index >= 15 is 0 Å². The van der Waals surface area contributed by atoms with E-state index in [2.05, 4.69) is 4.90 Å². The molecule has 1 atom stereocenters. The lowest BCUT2D eigenvalue weighted by Gasteiger charge is -2.18. The molecule has 20 heavy (non-hydrogen) atoms. The highest BCUT2D eigenvalue weighted by Gasteiger charge is 2.26. The normalized spacial score (nSPS) is 23.8. The molecule has 4 nitrogen and oxygen atoms in total. The van der Waals surface area contributed by atoms with Gasteiger partial charge in [-0.2, -0.15) is 0 Å². The van der Waals surface area contributed by atoms with Crippen molar-refractivity contribution < 1.29 is 12.8 Å². The summed E-state index contributed by atoms with van der Waals surface area (Å²) in [6.07, 6.45) is 2.49. The molecule has 0 unspecified atom stereocenters. The Labute approximate surface area is 119 Å². The Balaban J connectivity index is 1.78. The molecular formula is C15H19NO3S. The van der Waals surface area contributed by atoms with Crippen molar-refractivity contribution >= 4 is 20.8 Å². The van der Waals surface area contributed by atoms with Crippen molar-refractivity contribution in [1.29, 1.82) is 0 Å². The maximum Gasteiger partial charge on any atom is 0.154 e. The van der Waals surface area contributed by atoms with E-state index in [9.17, 15) is 8.42 Å². The van der Waals surface area contributed by atoms with Crippen LogP contribution >= 0.6 is 0 Å². The topological polar surface area (TPSA) is 50.5 Å². The van der Waals surface area contributed by atoms with Gasteiger partial charge in [0.2, 0.25) is 0 Å². The highest BCUT2D eigenvalue weighted by molar-refractivity contribution is 7.92. The second-order valence-electron chi connectivity index (χ2n) is 5.50. The molecule has 0 amide bonds. The zero-order valence-electron chi connectivity index (χ0n) is 11.6. The molecule has 0 saturated carbocycles. The van der Waals surface area contributed by atoms with Gasteiger partial charge >= 0.3 is 0 Å². The van der Waals surface area contributed by atoms with Gasteiger partial charge in [-0.1, -0.05) is 18.2 Å². The van der Waals surface area contributed by atoms with Crippen LogP contribution in [0, 0.1) is 0 Å². The van der Waals surface area contributed by atoms with Crippen molar-refractivity contribution in [2.24, 2.45) is 0 Å². The van der Waals surface area contributed by atoms with Gasteiger partial charge in [-0.3, -0.25) is 4.90 Å². The van der Waals surface area contributed by atoms with Gasteiger partial charge in [0, 0.05) is 24.0 Å². The maximum absolute atomic E-state index is 11.9. The number of sulfone groups is 1. The number of fused-ring (bicyclic) bond motifs is 1. The van der Waals surface area contributed by atoms with E-state index < -0.39 is 9.84 Å². The molecule has 2 heterocycles. The van der Waals surface area contributed by atoms with Gasteiger partial charge in [-0.15, -0.1) is 0 Å².